The van der Waals surface area contributed by atoms with Crippen LogP contribution in [0, 0.1) is 5.41 Å². The molecule has 0 bridgehead atoms. The van der Waals surface area contributed by atoms with Crippen LogP contribution in [0.15, 0.2) is 28.7 Å². The van der Waals surface area contributed by atoms with E-state index in [-0.39, 0.29) is 19.1 Å². The average Bonchev–Trinajstić information content (AvgIpc) is 2.79. The lowest BCUT2D eigenvalue weighted by atomic mass is 9.85. The van der Waals surface area contributed by atoms with Gasteiger partial charge in [-0.25, -0.2) is 0 Å². The molecule has 1 aromatic carbocycles. The molecule has 1 aliphatic heterocycles. The van der Waals surface area contributed by atoms with Gasteiger partial charge >= 0.3 is 5.97 Å². The molecule has 5 nitrogen and oxygen atoms in total. The molecule has 1 fully saturated rings. The molecule has 1 heterocycles. The molecular formula is C15H18BrNO4. The summed E-state index contributed by atoms with van der Waals surface area (Å²) in [5.74, 6) is -1.10. The second kappa shape index (κ2) is 6.58. The van der Waals surface area contributed by atoms with E-state index in [4.69, 9.17) is 4.74 Å². The van der Waals surface area contributed by atoms with Crippen LogP contribution in [0.3, 0.4) is 0 Å². The maximum atomic E-state index is 12.0. The SMILES string of the molecule is CC1(C(=O)O)COCC1NC(=O)CCc1cccc(Br)c1. The summed E-state index contributed by atoms with van der Waals surface area (Å²) in [6.07, 6.45) is 0.936. The Morgan fingerprint density at radius 1 is 1.52 bits per heavy atom. The second-order valence-corrected chi connectivity index (χ2v) is 6.40. The van der Waals surface area contributed by atoms with E-state index in [0.717, 1.165) is 10.0 Å². The fraction of sp³-hybridized carbons (Fsp3) is 0.467. The van der Waals surface area contributed by atoms with Crippen molar-refractivity contribution in [2.45, 2.75) is 25.8 Å². The number of hydrogen-bond donors (Lipinski definition) is 2. The van der Waals surface area contributed by atoms with E-state index >= 15 is 0 Å². The fourth-order valence-electron chi connectivity index (χ4n) is 2.30. The Morgan fingerprint density at radius 3 is 2.95 bits per heavy atom. The van der Waals surface area contributed by atoms with Gasteiger partial charge in [0.2, 0.25) is 5.91 Å². The topological polar surface area (TPSA) is 75.6 Å². The van der Waals surface area contributed by atoms with E-state index in [2.05, 4.69) is 21.2 Å². The number of benzene rings is 1. The number of rotatable bonds is 5. The number of aryl methyl sites for hydroxylation is 1. The van der Waals surface area contributed by atoms with Gasteiger partial charge in [0.05, 0.1) is 19.3 Å². The lowest BCUT2D eigenvalue weighted by Crippen LogP contribution is -2.49. The van der Waals surface area contributed by atoms with Crippen LogP contribution in [0.2, 0.25) is 0 Å². The predicted octanol–water partition coefficient (Wildman–Crippen LogP) is 1.99. The first-order valence-electron chi connectivity index (χ1n) is 6.77. The zero-order chi connectivity index (χ0) is 15.5. The maximum Gasteiger partial charge on any atom is 0.313 e. The molecule has 0 aliphatic carbocycles. The molecule has 0 spiro atoms. The largest absolute Gasteiger partial charge is 0.481 e. The molecule has 1 amide bonds. The number of aliphatic carboxylic acids is 1. The Morgan fingerprint density at radius 2 is 2.29 bits per heavy atom. The third kappa shape index (κ3) is 3.83. The highest BCUT2D eigenvalue weighted by molar-refractivity contribution is 9.10. The van der Waals surface area contributed by atoms with Gasteiger partial charge in [-0.05, 0) is 31.0 Å². The standard InChI is InChI=1S/C15H18BrNO4/c1-15(14(19)20)9-21-8-12(15)17-13(18)6-5-10-3-2-4-11(16)7-10/h2-4,7,12H,5-6,8-9H2,1H3,(H,17,18)(H,19,20). The first-order valence-corrected chi connectivity index (χ1v) is 7.56. The van der Waals surface area contributed by atoms with Crippen molar-refractivity contribution in [3.05, 3.63) is 34.3 Å². The fourth-order valence-corrected chi connectivity index (χ4v) is 2.75. The molecule has 114 valence electrons. The van der Waals surface area contributed by atoms with Crippen LogP contribution >= 0.6 is 15.9 Å². The Bertz CT molecular complexity index is 548. The molecule has 6 heteroatoms. The number of carboxylic acid groups (broad SMARTS) is 1. The highest BCUT2D eigenvalue weighted by Crippen LogP contribution is 2.28. The number of hydrogen-bond acceptors (Lipinski definition) is 3. The van der Waals surface area contributed by atoms with Gasteiger partial charge in [0, 0.05) is 10.9 Å². The van der Waals surface area contributed by atoms with Crippen LogP contribution in [0.1, 0.15) is 18.9 Å². The first kappa shape index (κ1) is 16.0. The summed E-state index contributed by atoms with van der Waals surface area (Å²) in [5.41, 5.74) is 0.00835. The lowest BCUT2D eigenvalue weighted by molar-refractivity contribution is -0.149. The zero-order valence-corrected chi connectivity index (χ0v) is 13.4. The summed E-state index contributed by atoms with van der Waals surface area (Å²) in [4.78, 5) is 23.3. The van der Waals surface area contributed by atoms with Gasteiger partial charge in [-0.1, -0.05) is 28.1 Å². The lowest BCUT2D eigenvalue weighted by Gasteiger charge is -2.25. The van der Waals surface area contributed by atoms with E-state index < -0.39 is 17.4 Å². The van der Waals surface area contributed by atoms with Gasteiger partial charge in [0.25, 0.3) is 0 Å². The van der Waals surface area contributed by atoms with Crippen molar-refractivity contribution in [3.8, 4) is 0 Å². The molecule has 0 aromatic heterocycles. The van der Waals surface area contributed by atoms with E-state index in [1.165, 1.54) is 0 Å². The van der Waals surface area contributed by atoms with Gasteiger partial charge in [0.15, 0.2) is 0 Å². The van der Waals surface area contributed by atoms with Gasteiger partial charge in [-0.3, -0.25) is 9.59 Å². The summed E-state index contributed by atoms with van der Waals surface area (Å²) < 4.78 is 6.19. The van der Waals surface area contributed by atoms with Gasteiger partial charge < -0.3 is 15.2 Å². The van der Waals surface area contributed by atoms with Crippen molar-refractivity contribution in [1.29, 1.82) is 0 Å². The Labute approximate surface area is 131 Å². The van der Waals surface area contributed by atoms with E-state index in [1.54, 1.807) is 6.92 Å². The molecule has 1 aliphatic rings. The summed E-state index contributed by atoms with van der Waals surface area (Å²) >= 11 is 3.39. The smallest absolute Gasteiger partial charge is 0.313 e. The highest BCUT2D eigenvalue weighted by atomic mass is 79.9. The van der Waals surface area contributed by atoms with Crippen LogP contribution in [0.5, 0.6) is 0 Å². The van der Waals surface area contributed by atoms with Crippen LogP contribution < -0.4 is 5.32 Å². The highest BCUT2D eigenvalue weighted by Gasteiger charge is 2.47. The Kier molecular flexibility index (Phi) is 5.00. The molecule has 21 heavy (non-hydrogen) atoms. The molecule has 1 saturated heterocycles. The van der Waals surface area contributed by atoms with Gasteiger partial charge in [-0.2, -0.15) is 0 Å². The average molecular weight is 356 g/mol. The van der Waals surface area contributed by atoms with Crippen molar-refractivity contribution < 1.29 is 19.4 Å². The van der Waals surface area contributed by atoms with Crippen LogP contribution in [-0.4, -0.2) is 36.2 Å². The molecule has 2 unspecified atom stereocenters. The summed E-state index contributed by atoms with van der Waals surface area (Å²) in [7, 11) is 0. The number of carboxylic acids is 1. The molecule has 0 saturated carbocycles. The second-order valence-electron chi connectivity index (χ2n) is 5.49. The first-order chi connectivity index (χ1) is 9.91. The van der Waals surface area contributed by atoms with Crippen LogP contribution in [0.4, 0.5) is 0 Å². The van der Waals surface area contributed by atoms with E-state index in [0.29, 0.717) is 12.8 Å². The monoisotopic (exact) mass is 355 g/mol. The Hall–Kier alpha value is -1.40. The quantitative estimate of drug-likeness (QED) is 0.846. The van der Waals surface area contributed by atoms with Crippen molar-refractivity contribution in [3.63, 3.8) is 0 Å². The third-order valence-corrected chi connectivity index (χ3v) is 4.30. The zero-order valence-electron chi connectivity index (χ0n) is 11.8. The molecule has 2 N–H and O–H groups in total. The van der Waals surface area contributed by atoms with E-state index in [9.17, 15) is 14.7 Å². The molecule has 2 atom stereocenters. The number of amides is 1. The number of ether oxygens (including phenoxy) is 1. The Balaban J connectivity index is 1.89. The van der Waals surface area contributed by atoms with Crippen LogP contribution in [0.25, 0.3) is 0 Å². The number of carbonyl (C=O) groups excluding carboxylic acids is 1. The van der Waals surface area contributed by atoms with Crippen LogP contribution in [-0.2, 0) is 20.7 Å². The molecule has 1 aromatic rings. The molecule has 0 radical (unpaired) electrons. The van der Waals surface area contributed by atoms with Crippen molar-refractivity contribution in [2.75, 3.05) is 13.2 Å². The number of carbonyl (C=O) groups is 2. The minimum Gasteiger partial charge on any atom is -0.481 e. The van der Waals surface area contributed by atoms with Gasteiger partial charge in [0.1, 0.15) is 5.41 Å². The van der Waals surface area contributed by atoms with Gasteiger partial charge in [-0.15, -0.1) is 0 Å². The summed E-state index contributed by atoms with van der Waals surface area (Å²) in [5, 5.41) is 12.0. The van der Waals surface area contributed by atoms with Crippen molar-refractivity contribution in [2.24, 2.45) is 5.41 Å². The predicted molar refractivity (Wildman–Crippen MR) is 81.0 cm³/mol. The number of halogens is 1. The molecular weight excluding hydrogens is 338 g/mol. The van der Waals surface area contributed by atoms with E-state index in [1.807, 2.05) is 24.3 Å². The summed E-state index contributed by atoms with van der Waals surface area (Å²) in [6.45, 7) is 1.96. The molecule has 2 rings (SSSR count). The maximum absolute atomic E-state index is 12.0. The van der Waals surface area contributed by atoms with Crippen molar-refractivity contribution in [1.82, 2.24) is 5.32 Å². The van der Waals surface area contributed by atoms with Crippen molar-refractivity contribution >= 4 is 27.8 Å². The minimum absolute atomic E-state index is 0.124. The minimum atomic E-state index is -1.05. The third-order valence-electron chi connectivity index (χ3n) is 3.81. The normalized spacial score (nSPS) is 24.8. The number of nitrogens with one attached hydrogen (secondary N) is 1. The summed E-state index contributed by atoms with van der Waals surface area (Å²) in [6, 6.07) is 7.29.